The Bertz CT molecular complexity index is 626. The van der Waals surface area contributed by atoms with Crippen LogP contribution in [-0.4, -0.2) is 43.7 Å². The van der Waals surface area contributed by atoms with Gasteiger partial charge in [-0.1, -0.05) is 0 Å². The lowest BCUT2D eigenvalue weighted by atomic mass is 10.4. The maximum Gasteiger partial charge on any atom is 0.358 e. The summed E-state index contributed by atoms with van der Waals surface area (Å²) in [5.41, 5.74) is 0.358. The fraction of sp³-hybridized carbons (Fsp3) is 0.273. The molecule has 0 aliphatic carbocycles. The molecule has 0 saturated heterocycles. The van der Waals surface area contributed by atoms with Crippen LogP contribution in [0.1, 0.15) is 21.0 Å². The molecule has 1 N–H and O–H groups in total. The van der Waals surface area contributed by atoms with E-state index in [1.807, 2.05) is 0 Å². The van der Waals surface area contributed by atoms with Gasteiger partial charge < -0.3 is 9.84 Å². The topological polar surface area (TPSA) is 99.2 Å². The van der Waals surface area contributed by atoms with Gasteiger partial charge in [-0.3, -0.25) is 9.36 Å². The summed E-state index contributed by atoms with van der Waals surface area (Å²) in [7, 11) is 4.72. The summed E-state index contributed by atoms with van der Waals surface area (Å²) in [6.07, 6.45) is 0. The Kier molecular flexibility index (Phi) is 6.09. The maximum absolute atomic E-state index is 10.9. The zero-order chi connectivity index (χ0) is 16.2. The quantitative estimate of drug-likeness (QED) is 0.740. The molecule has 2 aromatic rings. The van der Waals surface area contributed by atoms with E-state index >= 15 is 0 Å². The number of carboxylic acids is 1. The van der Waals surface area contributed by atoms with Crippen molar-refractivity contribution in [2.75, 3.05) is 7.11 Å². The number of carbonyl (C=O) groups excluding carboxylic acids is 1. The van der Waals surface area contributed by atoms with Crippen LogP contribution in [0.2, 0.25) is 0 Å². The molecular formula is C11H12Br2N4O4. The number of nitrogens with zero attached hydrogens (tertiary/aromatic N) is 4. The van der Waals surface area contributed by atoms with E-state index in [0.29, 0.717) is 10.3 Å². The van der Waals surface area contributed by atoms with Crippen molar-refractivity contribution in [3.63, 3.8) is 0 Å². The van der Waals surface area contributed by atoms with Crippen molar-refractivity contribution in [1.82, 2.24) is 19.6 Å². The molecule has 0 bridgehead atoms. The number of aryl methyl sites for hydroxylation is 2. The Morgan fingerprint density at radius 3 is 1.76 bits per heavy atom. The third-order valence-electron chi connectivity index (χ3n) is 2.26. The number of halogens is 2. The predicted octanol–water partition coefficient (Wildman–Crippen LogP) is 1.85. The van der Waals surface area contributed by atoms with Crippen molar-refractivity contribution in [3.05, 3.63) is 32.7 Å². The highest BCUT2D eigenvalue weighted by molar-refractivity contribution is 9.10. The van der Waals surface area contributed by atoms with Gasteiger partial charge in [0.1, 0.15) is 9.21 Å². The van der Waals surface area contributed by atoms with E-state index in [1.54, 1.807) is 24.8 Å². The van der Waals surface area contributed by atoms with Gasteiger partial charge >= 0.3 is 11.9 Å². The molecule has 114 valence electrons. The number of rotatable bonds is 2. The minimum Gasteiger partial charge on any atom is -0.476 e. The zero-order valence-corrected chi connectivity index (χ0v) is 14.5. The molecule has 0 atom stereocenters. The molecule has 10 heteroatoms. The van der Waals surface area contributed by atoms with Gasteiger partial charge in [0, 0.05) is 26.2 Å². The lowest BCUT2D eigenvalue weighted by Crippen LogP contribution is -2.02. The van der Waals surface area contributed by atoms with Gasteiger partial charge in [-0.2, -0.15) is 10.2 Å². The lowest BCUT2D eigenvalue weighted by Gasteiger charge is -1.90. The minimum atomic E-state index is -1.01. The number of carboxylic acid groups (broad SMARTS) is 1. The smallest absolute Gasteiger partial charge is 0.358 e. The highest BCUT2D eigenvalue weighted by atomic mass is 79.9. The van der Waals surface area contributed by atoms with E-state index < -0.39 is 11.9 Å². The number of esters is 1. The number of hydrogen-bond acceptors (Lipinski definition) is 5. The second-order valence-corrected chi connectivity index (χ2v) is 5.37. The number of aromatic carboxylic acids is 1. The zero-order valence-electron chi connectivity index (χ0n) is 11.4. The van der Waals surface area contributed by atoms with Gasteiger partial charge in [0.15, 0.2) is 11.4 Å². The van der Waals surface area contributed by atoms with E-state index in [-0.39, 0.29) is 5.69 Å². The van der Waals surface area contributed by atoms with E-state index in [9.17, 15) is 9.59 Å². The third-order valence-corrected chi connectivity index (χ3v) is 3.74. The van der Waals surface area contributed by atoms with Crippen molar-refractivity contribution in [2.45, 2.75) is 0 Å². The van der Waals surface area contributed by atoms with Crippen molar-refractivity contribution in [2.24, 2.45) is 14.1 Å². The largest absolute Gasteiger partial charge is 0.476 e. The average Bonchev–Trinajstić information content (AvgIpc) is 2.94. The van der Waals surface area contributed by atoms with Crippen LogP contribution in [0.4, 0.5) is 0 Å². The summed E-state index contributed by atoms with van der Waals surface area (Å²) in [6, 6.07) is 3.05. The summed E-state index contributed by atoms with van der Waals surface area (Å²) < 4.78 is 8.87. The van der Waals surface area contributed by atoms with Crippen LogP contribution in [-0.2, 0) is 18.8 Å². The van der Waals surface area contributed by atoms with Crippen molar-refractivity contribution in [3.8, 4) is 0 Å². The van der Waals surface area contributed by atoms with E-state index in [1.165, 1.54) is 17.9 Å². The number of carbonyl (C=O) groups is 2. The first-order valence-electron chi connectivity index (χ1n) is 5.47. The van der Waals surface area contributed by atoms with Crippen LogP contribution in [0.3, 0.4) is 0 Å². The first kappa shape index (κ1) is 17.4. The molecule has 0 aliphatic rings. The fourth-order valence-electron chi connectivity index (χ4n) is 1.20. The van der Waals surface area contributed by atoms with Crippen LogP contribution < -0.4 is 0 Å². The van der Waals surface area contributed by atoms with Gasteiger partial charge in [0.2, 0.25) is 0 Å². The Morgan fingerprint density at radius 1 is 1.10 bits per heavy atom. The standard InChI is InChI=1S/C6H7BrN2O2.C5H5BrN2O2/c1-9-5(7)3-4(8-9)6(10)11-2;1-8-4(6)2-3(7-8)5(9)10/h3H,1-2H3;2H,1H3,(H,9,10). The van der Waals surface area contributed by atoms with Crippen LogP contribution in [0.15, 0.2) is 21.3 Å². The highest BCUT2D eigenvalue weighted by Crippen LogP contribution is 2.10. The van der Waals surface area contributed by atoms with Crippen LogP contribution in [0, 0.1) is 0 Å². The number of ether oxygens (including phenoxy) is 1. The number of methoxy groups -OCH3 is 1. The third kappa shape index (κ3) is 4.67. The monoisotopic (exact) mass is 422 g/mol. The second kappa shape index (κ2) is 7.36. The molecule has 0 aliphatic heterocycles. The van der Waals surface area contributed by atoms with E-state index in [0.717, 1.165) is 4.60 Å². The van der Waals surface area contributed by atoms with Gasteiger partial charge in [-0.15, -0.1) is 0 Å². The molecule has 0 saturated carbocycles. The Hall–Kier alpha value is -1.68. The minimum absolute atomic E-state index is 0.0503. The normalized spacial score (nSPS) is 9.76. The molecule has 0 amide bonds. The summed E-state index contributed by atoms with van der Waals surface area (Å²) in [5, 5.41) is 16.0. The van der Waals surface area contributed by atoms with Crippen LogP contribution >= 0.6 is 31.9 Å². The molecule has 0 fully saturated rings. The SMILES string of the molecule is COC(=O)c1cc(Br)n(C)n1.Cn1nc(C(=O)O)cc1Br. The Labute approximate surface area is 136 Å². The maximum atomic E-state index is 10.9. The van der Waals surface area contributed by atoms with Crippen molar-refractivity contribution >= 4 is 43.8 Å². The highest BCUT2D eigenvalue weighted by Gasteiger charge is 2.10. The molecule has 0 radical (unpaired) electrons. The lowest BCUT2D eigenvalue weighted by molar-refractivity contribution is 0.0592. The average molecular weight is 424 g/mol. The number of aromatic nitrogens is 4. The van der Waals surface area contributed by atoms with Crippen molar-refractivity contribution in [1.29, 1.82) is 0 Å². The van der Waals surface area contributed by atoms with E-state index in [4.69, 9.17) is 5.11 Å². The first-order chi connectivity index (χ1) is 9.76. The molecule has 0 unspecified atom stereocenters. The Balaban J connectivity index is 0.000000211. The molecule has 2 rings (SSSR count). The van der Waals surface area contributed by atoms with Gasteiger partial charge in [-0.25, -0.2) is 9.59 Å². The summed E-state index contributed by atoms with van der Waals surface area (Å²) in [5.74, 6) is -1.44. The molecule has 0 aromatic carbocycles. The van der Waals surface area contributed by atoms with Crippen molar-refractivity contribution < 1.29 is 19.4 Å². The molecular weight excluding hydrogens is 412 g/mol. The van der Waals surface area contributed by atoms with Gasteiger partial charge in [0.25, 0.3) is 0 Å². The first-order valence-corrected chi connectivity index (χ1v) is 7.05. The van der Waals surface area contributed by atoms with Crippen LogP contribution in [0.5, 0.6) is 0 Å². The molecule has 8 nitrogen and oxygen atoms in total. The second-order valence-electron chi connectivity index (χ2n) is 3.75. The molecule has 2 heterocycles. The fourth-order valence-corrected chi connectivity index (χ4v) is 1.79. The summed E-state index contributed by atoms with van der Waals surface area (Å²) in [4.78, 5) is 21.1. The molecule has 2 aromatic heterocycles. The van der Waals surface area contributed by atoms with E-state index in [2.05, 4.69) is 46.8 Å². The predicted molar refractivity (Wildman–Crippen MR) is 80.1 cm³/mol. The molecule has 0 spiro atoms. The molecule has 21 heavy (non-hydrogen) atoms. The summed E-state index contributed by atoms with van der Waals surface area (Å²) >= 11 is 6.33. The van der Waals surface area contributed by atoms with Gasteiger partial charge in [-0.05, 0) is 31.9 Å². The van der Waals surface area contributed by atoms with Crippen LogP contribution in [0.25, 0.3) is 0 Å². The summed E-state index contributed by atoms with van der Waals surface area (Å²) in [6.45, 7) is 0. The van der Waals surface area contributed by atoms with Gasteiger partial charge in [0.05, 0.1) is 7.11 Å². The number of hydrogen-bond donors (Lipinski definition) is 1. The Morgan fingerprint density at radius 2 is 1.52 bits per heavy atom.